The first-order valence-electron chi connectivity index (χ1n) is 10.6. The van der Waals surface area contributed by atoms with Crippen molar-refractivity contribution >= 4 is 0 Å². The van der Waals surface area contributed by atoms with Crippen molar-refractivity contribution in [2.24, 2.45) is 17.8 Å². The second kappa shape index (κ2) is 13.7. The molecule has 172 valence electrons. The third-order valence-electron chi connectivity index (χ3n) is 6.10. The SMILES string of the molecule is C/C=C/C[C@H](C)[C@@H](OC)[C@@H](C)[C@@H](C[C@H]1O[C@H](OC)[C@H](O)[C@H](O)[C@H]1CC)OCOC. The van der Waals surface area contributed by atoms with Crippen molar-refractivity contribution in [1.82, 2.24) is 0 Å². The number of hydrogen-bond acceptors (Lipinski definition) is 7. The highest BCUT2D eigenvalue weighted by Crippen LogP contribution is 2.34. The van der Waals surface area contributed by atoms with E-state index in [-0.39, 0.29) is 36.9 Å². The fraction of sp³-hybridized carbons (Fsp3) is 0.909. The molecule has 7 heteroatoms. The third kappa shape index (κ3) is 7.28. The van der Waals surface area contributed by atoms with E-state index < -0.39 is 18.5 Å². The minimum atomic E-state index is -1.07. The average molecular weight is 419 g/mol. The first-order valence-corrected chi connectivity index (χ1v) is 10.6. The van der Waals surface area contributed by atoms with Gasteiger partial charge in [-0.2, -0.15) is 0 Å². The molecule has 0 bridgehead atoms. The molecule has 9 atom stereocenters. The first-order chi connectivity index (χ1) is 13.9. The van der Waals surface area contributed by atoms with Gasteiger partial charge in [0.25, 0.3) is 0 Å². The van der Waals surface area contributed by atoms with Crippen molar-refractivity contribution < 1.29 is 33.9 Å². The summed E-state index contributed by atoms with van der Waals surface area (Å²) in [6.45, 7) is 8.45. The number of allylic oxidation sites excluding steroid dienone is 2. The van der Waals surface area contributed by atoms with Crippen molar-refractivity contribution in [2.75, 3.05) is 28.1 Å². The zero-order valence-corrected chi connectivity index (χ0v) is 19.1. The van der Waals surface area contributed by atoms with Gasteiger partial charge in [0.05, 0.1) is 24.4 Å². The van der Waals surface area contributed by atoms with Crippen molar-refractivity contribution in [3.05, 3.63) is 12.2 Å². The Labute approximate surface area is 176 Å². The van der Waals surface area contributed by atoms with Crippen LogP contribution < -0.4 is 0 Å². The molecule has 1 fully saturated rings. The lowest BCUT2D eigenvalue weighted by molar-refractivity contribution is -0.285. The maximum Gasteiger partial charge on any atom is 0.185 e. The minimum Gasteiger partial charge on any atom is -0.390 e. The van der Waals surface area contributed by atoms with E-state index >= 15 is 0 Å². The molecule has 1 heterocycles. The minimum absolute atomic E-state index is 0.00883. The summed E-state index contributed by atoms with van der Waals surface area (Å²) in [6.07, 6.45) is 2.98. The van der Waals surface area contributed by atoms with Crippen LogP contribution in [0.25, 0.3) is 0 Å². The molecule has 7 nitrogen and oxygen atoms in total. The number of aliphatic hydroxyl groups is 2. The van der Waals surface area contributed by atoms with Crippen LogP contribution in [0.2, 0.25) is 0 Å². The Kier molecular flexibility index (Phi) is 12.5. The van der Waals surface area contributed by atoms with Gasteiger partial charge in [-0.15, -0.1) is 0 Å². The zero-order valence-electron chi connectivity index (χ0n) is 19.1. The van der Waals surface area contributed by atoms with Gasteiger partial charge in [-0.25, -0.2) is 0 Å². The molecular weight excluding hydrogens is 376 g/mol. The van der Waals surface area contributed by atoms with E-state index in [4.69, 9.17) is 23.7 Å². The smallest absolute Gasteiger partial charge is 0.185 e. The maximum atomic E-state index is 10.6. The molecule has 0 aliphatic carbocycles. The number of rotatable bonds is 13. The number of hydrogen-bond donors (Lipinski definition) is 2. The molecule has 0 aromatic rings. The monoisotopic (exact) mass is 418 g/mol. The van der Waals surface area contributed by atoms with Gasteiger partial charge in [-0.1, -0.05) is 32.9 Å². The second-order valence-corrected chi connectivity index (χ2v) is 8.02. The lowest BCUT2D eigenvalue weighted by Crippen LogP contribution is -2.56. The lowest BCUT2D eigenvalue weighted by atomic mass is 9.80. The van der Waals surface area contributed by atoms with Crippen LogP contribution in [-0.4, -0.2) is 75.1 Å². The molecule has 0 saturated carbocycles. The first kappa shape index (κ1) is 26.5. The molecule has 0 amide bonds. The second-order valence-electron chi connectivity index (χ2n) is 8.02. The van der Waals surface area contributed by atoms with Gasteiger partial charge in [0.1, 0.15) is 12.9 Å². The molecule has 0 aromatic carbocycles. The quantitative estimate of drug-likeness (QED) is 0.351. The third-order valence-corrected chi connectivity index (χ3v) is 6.10. The molecule has 1 aliphatic rings. The van der Waals surface area contributed by atoms with Gasteiger partial charge in [-0.05, 0) is 25.7 Å². The Morgan fingerprint density at radius 1 is 1.10 bits per heavy atom. The molecule has 0 radical (unpaired) electrons. The molecule has 2 N–H and O–H groups in total. The van der Waals surface area contributed by atoms with Crippen LogP contribution in [0.3, 0.4) is 0 Å². The van der Waals surface area contributed by atoms with Crippen LogP contribution in [-0.2, 0) is 23.7 Å². The van der Waals surface area contributed by atoms with Gasteiger partial charge in [0.15, 0.2) is 6.29 Å². The largest absolute Gasteiger partial charge is 0.390 e. The van der Waals surface area contributed by atoms with Crippen molar-refractivity contribution in [3.63, 3.8) is 0 Å². The Morgan fingerprint density at radius 2 is 1.79 bits per heavy atom. The summed E-state index contributed by atoms with van der Waals surface area (Å²) in [7, 11) is 4.79. The average Bonchev–Trinajstić information content (AvgIpc) is 2.72. The number of methoxy groups -OCH3 is 3. The Bertz CT molecular complexity index is 458. The summed E-state index contributed by atoms with van der Waals surface area (Å²) in [5.41, 5.74) is 0. The van der Waals surface area contributed by atoms with Gasteiger partial charge in [0.2, 0.25) is 0 Å². The van der Waals surface area contributed by atoms with Crippen LogP contribution in [0.5, 0.6) is 0 Å². The van der Waals surface area contributed by atoms with Gasteiger partial charge >= 0.3 is 0 Å². The predicted molar refractivity (Wildman–Crippen MR) is 111 cm³/mol. The van der Waals surface area contributed by atoms with Crippen LogP contribution >= 0.6 is 0 Å². The number of aliphatic hydroxyl groups excluding tert-OH is 2. The highest BCUT2D eigenvalue weighted by atomic mass is 16.7. The topological polar surface area (TPSA) is 86.6 Å². The summed E-state index contributed by atoms with van der Waals surface area (Å²) < 4.78 is 28.3. The van der Waals surface area contributed by atoms with E-state index in [1.807, 2.05) is 19.9 Å². The molecule has 0 unspecified atom stereocenters. The van der Waals surface area contributed by atoms with Crippen LogP contribution in [0, 0.1) is 17.8 Å². The normalized spacial score (nSPS) is 32.2. The van der Waals surface area contributed by atoms with E-state index in [2.05, 4.69) is 19.9 Å². The van der Waals surface area contributed by atoms with Crippen LogP contribution in [0.1, 0.15) is 47.0 Å². The van der Waals surface area contributed by atoms with E-state index in [9.17, 15) is 10.2 Å². The standard InChI is InChI=1S/C22H42O7/c1-8-10-11-14(3)21(26-6)15(4)17(28-13-25-5)12-18-16(9-2)19(23)20(24)22(27-7)29-18/h8,10,14-24H,9,11-13H2,1-7H3/b10-8+/t14-,15-,16-,17+,18+,19+,20+,21+,22-/m0/s1. The Morgan fingerprint density at radius 3 is 2.31 bits per heavy atom. The van der Waals surface area contributed by atoms with E-state index in [1.165, 1.54) is 7.11 Å². The maximum absolute atomic E-state index is 10.6. The highest BCUT2D eigenvalue weighted by molar-refractivity contribution is 4.92. The lowest BCUT2D eigenvalue weighted by Gasteiger charge is -2.44. The zero-order chi connectivity index (χ0) is 22.0. The fourth-order valence-electron chi connectivity index (χ4n) is 4.40. The van der Waals surface area contributed by atoms with Crippen molar-refractivity contribution in [2.45, 2.75) is 83.8 Å². The predicted octanol–water partition coefficient (Wildman–Crippen LogP) is 2.74. The Balaban J connectivity index is 3.00. The van der Waals surface area contributed by atoms with E-state index in [0.29, 0.717) is 18.8 Å². The molecule has 0 aromatic heterocycles. The summed E-state index contributed by atoms with van der Waals surface area (Å²) in [4.78, 5) is 0. The van der Waals surface area contributed by atoms with E-state index in [1.54, 1.807) is 14.2 Å². The van der Waals surface area contributed by atoms with Gasteiger partial charge in [-0.3, -0.25) is 0 Å². The molecule has 1 rings (SSSR count). The van der Waals surface area contributed by atoms with Crippen LogP contribution in [0.15, 0.2) is 12.2 Å². The highest BCUT2D eigenvalue weighted by Gasteiger charge is 2.45. The molecule has 0 spiro atoms. The Hall–Kier alpha value is -0.540. The summed E-state index contributed by atoms with van der Waals surface area (Å²) >= 11 is 0. The van der Waals surface area contributed by atoms with Gasteiger partial charge < -0.3 is 33.9 Å². The van der Waals surface area contributed by atoms with Gasteiger partial charge in [0, 0.05) is 39.6 Å². The molecular formula is C22H42O7. The van der Waals surface area contributed by atoms with Crippen LogP contribution in [0.4, 0.5) is 0 Å². The van der Waals surface area contributed by atoms with E-state index in [0.717, 1.165) is 6.42 Å². The number of ether oxygens (including phenoxy) is 5. The molecule has 1 aliphatic heterocycles. The molecule has 1 saturated heterocycles. The summed E-state index contributed by atoms with van der Waals surface area (Å²) in [6, 6.07) is 0. The molecule has 29 heavy (non-hydrogen) atoms. The van der Waals surface area contributed by atoms with Crippen molar-refractivity contribution in [3.8, 4) is 0 Å². The van der Waals surface area contributed by atoms with Crippen molar-refractivity contribution in [1.29, 1.82) is 0 Å². The fourth-order valence-corrected chi connectivity index (χ4v) is 4.40. The summed E-state index contributed by atoms with van der Waals surface area (Å²) in [5, 5.41) is 20.8. The summed E-state index contributed by atoms with van der Waals surface area (Å²) in [5.74, 6) is 0.174.